The summed E-state index contributed by atoms with van der Waals surface area (Å²) in [6, 6.07) is 18.4. The molecule has 2 saturated heterocycles. The molecule has 4 heterocycles. The molecular weight excluding hydrogens is 542 g/mol. The molecule has 2 aliphatic rings. The number of nitrogens with zero attached hydrogens (tertiary/aromatic N) is 4. The Morgan fingerprint density at radius 3 is 2.49 bits per heavy atom. The fourth-order valence-electron chi connectivity index (χ4n) is 5.80. The van der Waals surface area contributed by atoms with Gasteiger partial charge < -0.3 is 19.9 Å². The third-order valence-electron chi connectivity index (χ3n) is 8.03. The van der Waals surface area contributed by atoms with Gasteiger partial charge in [-0.3, -0.25) is 4.98 Å². The number of fused-ring (bicyclic) bond motifs is 2. The smallest absolute Gasteiger partial charge is 0.325 e. The number of piperidine rings is 1. The topological polar surface area (TPSA) is 110 Å². The van der Waals surface area contributed by atoms with Gasteiger partial charge in [-0.15, -0.1) is 12.4 Å². The van der Waals surface area contributed by atoms with E-state index in [9.17, 15) is 9.59 Å². The first-order valence-corrected chi connectivity index (χ1v) is 14.3. The number of amides is 2. The Labute approximate surface area is 245 Å². The zero-order chi connectivity index (χ0) is 27.3. The van der Waals surface area contributed by atoms with Gasteiger partial charge in [0.05, 0.1) is 17.6 Å². The highest BCUT2D eigenvalue weighted by atomic mass is 35.5. The van der Waals surface area contributed by atoms with Crippen LogP contribution >= 0.6 is 12.4 Å². The van der Waals surface area contributed by atoms with Crippen molar-refractivity contribution in [1.29, 1.82) is 0 Å². The summed E-state index contributed by atoms with van der Waals surface area (Å²) < 4.78 is 5.90. The average molecular weight is 580 g/mol. The summed E-state index contributed by atoms with van der Waals surface area (Å²) in [6.45, 7) is 6.54. The van der Waals surface area contributed by atoms with E-state index >= 15 is 0 Å². The number of nitrogens with one attached hydrogen (secondary N) is 3. The summed E-state index contributed by atoms with van der Waals surface area (Å²) in [4.78, 5) is 36.0. The van der Waals surface area contributed by atoms with Crippen molar-refractivity contribution in [2.75, 3.05) is 52.4 Å². The predicted octanol–water partition coefficient (Wildman–Crippen LogP) is 3.79. The van der Waals surface area contributed by atoms with Gasteiger partial charge in [-0.2, -0.15) is 0 Å². The SMILES string of the molecule is Cl.O=C(NCCCOc1ccc2nc3[nH]c(=O)[nH]c3cc2c1)N1CCN(N2CCC(Cc3ccccc3)CC2)CC1. The lowest BCUT2D eigenvalue weighted by atomic mass is 9.91. The maximum atomic E-state index is 12.7. The molecule has 0 spiro atoms. The number of carbonyl (C=O) groups excluding carboxylic acids is 1. The number of piperazine rings is 1. The number of ether oxygens (including phenoxy) is 1. The lowest BCUT2D eigenvalue weighted by molar-refractivity contribution is -0.0699. The fourth-order valence-corrected chi connectivity index (χ4v) is 5.80. The summed E-state index contributed by atoms with van der Waals surface area (Å²) in [5.74, 6) is 1.49. The Morgan fingerprint density at radius 2 is 1.71 bits per heavy atom. The average Bonchev–Trinajstić information content (AvgIpc) is 3.35. The first-order chi connectivity index (χ1) is 19.6. The van der Waals surface area contributed by atoms with Crippen molar-refractivity contribution in [3.05, 3.63) is 70.6 Å². The first-order valence-electron chi connectivity index (χ1n) is 14.3. The second-order valence-electron chi connectivity index (χ2n) is 10.8. The van der Waals surface area contributed by atoms with Gasteiger partial charge in [0.1, 0.15) is 5.75 Å². The number of imidazole rings is 1. The van der Waals surface area contributed by atoms with Gasteiger partial charge in [-0.1, -0.05) is 30.3 Å². The van der Waals surface area contributed by atoms with Crippen molar-refractivity contribution in [2.24, 2.45) is 5.92 Å². The lowest BCUT2D eigenvalue weighted by Gasteiger charge is -2.44. The molecule has 218 valence electrons. The van der Waals surface area contributed by atoms with Crippen LogP contribution in [0.2, 0.25) is 0 Å². The Morgan fingerprint density at radius 1 is 0.951 bits per heavy atom. The molecular formula is C30H38ClN7O3. The molecule has 2 aromatic heterocycles. The molecule has 0 bridgehead atoms. The van der Waals surface area contributed by atoms with Crippen molar-refractivity contribution >= 4 is 40.5 Å². The van der Waals surface area contributed by atoms with Crippen LogP contribution in [0, 0.1) is 5.92 Å². The third-order valence-corrected chi connectivity index (χ3v) is 8.03. The number of halogens is 1. The number of aromatic amines is 2. The van der Waals surface area contributed by atoms with Crippen LogP contribution in [0.25, 0.3) is 22.1 Å². The molecule has 2 amide bonds. The number of carbonyl (C=O) groups is 1. The molecule has 11 heteroatoms. The van der Waals surface area contributed by atoms with Gasteiger partial charge >= 0.3 is 11.7 Å². The Hall–Kier alpha value is -3.60. The van der Waals surface area contributed by atoms with Gasteiger partial charge in [0, 0.05) is 51.2 Å². The van der Waals surface area contributed by atoms with E-state index in [1.807, 2.05) is 29.2 Å². The molecule has 4 aromatic rings. The number of hydrogen-bond acceptors (Lipinski definition) is 6. The number of urea groups is 1. The van der Waals surface area contributed by atoms with E-state index in [0.29, 0.717) is 30.7 Å². The highest BCUT2D eigenvalue weighted by Gasteiger charge is 2.28. The van der Waals surface area contributed by atoms with Crippen molar-refractivity contribution in [3.63, 3.8) is 0 Å². The lowest BCUT2D eigenvalue weighted by Crippen LogP contribution is -2.58. The Bertz CT molecular complexity index is 1490. The fraction of sp³-hybridized carbons (Fsp3) is 0.433. The van der Waals surface area contributed by atoms with Crippen LogP contribution in [0.1, 0.15) is 24.8 Å². The molecule has 2 fully saturated rings. The summed E-state index contributed by atoms with van der Waals surface area (Å²) >= 11 is 0. The summed E-state index contributed by atoms with van der Waals surface area (Å²) in [6.07, 6.45) is 4.34. The Balaban J connectivity index is 0.00000337. The van der Waals surface area contributed by atoms with Crippen LogP contribution < -0.4 is 15.7 Å². The van der Waals surface area contributed by atoms with E-state index in [4.69, 9.17) is 4.74 Å². The highest BCUT2D eigenvalue weighted by Crippen LogP contribution is 2.24. The van der Waals surface area contributed by atoms with Gasteiger partial charge in [-0.05, 0) is 61.4 Å². The molecule has 0 aliphatic carbocycles. The molecule has 2 aliphatic heterocycles. The zero-order valence-corrected chi connectivity index (χ0v) is 24.0. The van der Waals surface area contributed by atoms with Crippen LogP contribution in [0.5, 0.6) is 5.75 Å². The zero-order valence-electron chi connectivity index (χ0n) is 23.2. The summed E-state index contributed by atoms with van der Waals surface area (Å²) in [7, 11) is 0. The first kappa shape index (κ1) is 28.9. The minimum Gasteiger partial charge on any atom is -0.494 e. The number of H-pyrrole nitrogens is 2. The maximum absolute atomic E-state index is 12.7. The van der Waals surface area contributed by atoms with Crippen LogP contribution in [-0.2, 0) is 6.42 Å². The van der Waals surface area contributed by atoms with E-state index in [1.54, 1.807) is 0 Å². The molecule has 3 N–H and O–H groups in total. The van der Waals surface area contributed by atoms with Crippen LogP contribution in [0.3, 0.4) is 0 Å². The predicted molar refractivity (Wildman–Crippen MR) is 163 cm³/mol. The minimum atomic E-state index is -0.270. The molecule has 2 aromatic carbocycles. The molecule has 6 rings (SSSR count). The number of hydrogen-bond donors (Lipinski definition) is 3. The van der Waals surface area contributed by atoms with Crippen LogP contribution in [0.15, 0.2) is 59.4 Å². The standard InChI is InChI=1S/C30H37N7O3.ClH/c38-29-33-27-21-24-20-25(7-8-26(24)32-28(27)34-29)40-18-4-11-31-30(39)35-14-16-37(17-15-35)36-12-9-23(10-13-36)19-22-5-2-1-3-6-22;/h1-3,5-8,20-21,23H,4,9-19H2,(H,31,39)(H2,32,33,34,38);1H. The van der Waals surface area contributed by atoms with E-state index < -0.39 is 0 Å². The monoisotopic (exact) mass is 579 g/mol. The van der Waals surface area contributed by atoms with Crippen LogP contribution in [-0.4, -0.2) is 88.3 Å². The van der Waals surface area contributed by atoms with E-state index in [2.05, 4.69) is 60.6 Å². The molecule has 41 heavy (non-hydrogen) atoms. The molecule has 0 atom stereocenters. The van der Waals surface area contributed by atoms with E-state index in [1.165, 1.54) is 24.8 Å². The molecule has 0 saturated carbocycles. The van der Waals surface area contributed by atoms with Gasteiger partial charge in [-0.25, -0.2) is 24.6 Å². The number of rotatable bonds is 8. The highest BCUT2D eigenvalue weighted by molar-refractivity contribution is 5.90. The van der Waals surface area contributed by atoms with Gasteiger partial charge in [0.25, 0.3) is 0 Å². The number of pyridine rings is 1. The normalized spacial score (nSPS) is 17.0. The number of aromatic nitrogens is 3. The molecule has 0 unspecified atom stereocenters. The minimum absolute atomic E-state index is 0. The molecule has 0 radical (unpaired) electrons. The Kier molecular flexibility index (Phi) is 9.43. The third kappa shape index (κ3) is 7.19. The van der Waals surface area contributed by atoms with Crippen molar-refractivity contribution in [1.82, 2.24) is 35.2 Å². The molecule has 10 nitrogen and oxygen atoms in total. The van der Waals surface area contributed by atoms with E-state index in [-0.39, 0.29) is 24.1 Å². The number of benzene rings is 2. The quantitative estimate of drug-likeness (QED) is 0.274. The second-order valence-corrected chi connectivity index (χ2v) is 10.8. The van der Waals surface area contributed by atoms with Crippen molar-refractivity contribution < 1.29 is 9.53 Å². The van der Waals surface area contributed by atoms with Gasteiger partial charge in [0.15, 0.2) is 5.65 Å². The number of hydrazine groups is 1. The van der Waals surface area contributed by atoms with Crippen LogP contribution in [0.4, 0.5) is 4.79 Å². The largest absolute Gasteiger partial charge is 0.494 e. The van der Waals surface area contributed by atoms with E-state index in [0.717, 1.165) is 61.8 Å². The van der Waals surface area contributed by atoms with Crippen molar-refractivity contribution in [3.8, 4) is 5.75 Å². The summed E-state index contributed by atoms with van der Waals surface area (Å²) in [5.41, 5.74) is 3.17. The van der Waals surface area contributed by atoms with Gasteiger partial charge in [0.2, 0.25) is 0 Å². The maximum Gasteiger partial charge on any atom is 0.325 e. The summed E-state index contributed by atoms with van der Waals surface area (Å²) in [5, 5.41) is 8.87. The van der Waals surface area contributed by atoms with Crippen molar-refractivity contribution in [2.45, 2.75) is 25.7 Å². The second kappa shape index (κ2) is 13.4.